The lowest BCUT2D eigenvalue weighted by molar-refractivity contribution is 0.0887. The maximum Gasteiger partial charge on any atom is 0.272 e. The molecule has 1 aliphatic rings. The van der Waals surface area contributed by atoms with E-state index in [9.17, 15) is 4.79 Å². The van der Waals surface area contributed by atoms with Crippen LogP contribution in [0.2, 0.25) is 0 Å². The topological polar surface area (TPSA) is 74.0 Å². The lowest BCUT2D eigenvalue weighted by atomic mass is 10.2. The third-order valence-corrected chi connectivity index (χ3v) is 3.96. The maximum absolute atomic E-state index is 12.4. The first-order valence-electron chi connectivity index (χ1n) is 7.49. The van der Waals surface area contributed by atoms with E-state index in [1.807, 2.05) is 33.4 Å². The number of nitrogens with one attached hydrogen (secondary N) is 1. The molecule has 7 heteroatoms. The Labute approximate surface area is 129 Å². The number of rotatable bonds is 4. The number of nitrogens with zero attached hydrogens (tertiary/aromatic N) is 4. The number of hydrogen-bond donors (Lipinski definition) is 1. The second kappa shape index (κ2) is 5.82. The average Bonchev–Trinajstić information content (AvgIpc) is 3.13. The summed E-state index contributed by atoms with van der Waals surface area (Å²) in [6.07, 6.45) is 8.24. The Morgan fingerprint density at radius 1 is 1.32 bits per heavy atom. The van der Waals surface area contributed by atoms with Gasteiger partial charge in [0.1, 0.15) is 6.10 Å². The summed E-state index contributed by atoms with van der Waals surface area (Å²) in [5.41, 5.74) is 1.36. The van der Waals surface area contributed by atoms with Crippen LogP contribution in [0.5, 0.6) is 5.75 Å². The Hall–Kier alpha value is -2.31. The number of aryl methyl sites for hydroxylation is 3. The van der Waals surface area contributed by atoms with E-state index in [1.54, 1.807) is 15.6 Å². The Bertz CT molecular complexity index is 675. The summed E-state index contributed by atoms with van der Waals surface area (Å²) in [5, 5.41) is 11.4. The maximum atomic E-state index is 12.4. The molecular formula is C15H21N5O2. The van der Waals surface area contributed by atoms with Gasteiger partial charge in [0, 0.05) is 25.9 Å². The second-order valence-electron chi connectivity index (χ2n) is 5.85. The normalized spacial score (nSPS) is 21.0. The zero-order valence-corrected chi connectivity index (χ0v) is 13.1. The molecule has 1 fully saturated rings. The molecule has 0 aromatic carbocycles. The van der Waals surface area contributed by atoms with Gasteiger partial charge >= 0.3 is 0 Å². The highest BCUT2D eigenvalue weighted by Crippen LogP contribution is 2.24. The Morgan fingerprint density at radius 2 is 2.14 bits per heavy atom. The molecular weight excluding hydrogens is 282 g/mol. The third kappa shape index (κ3) is 2.98. The largest absolute Gasteiger partial charge is 0.485 e. The number of carbonyl (C=O) groups excluding carboxylic acids is 1. The molecule has 1 N–H and O–H groups in total. The van der Waals surface area contributed by atoms with E-state index in [4.69, 9.17) is 4.74 Å². The molecule has 0 aliphatic heterocycles. The molecule has 0 radical (unpaired) electrons. The standard InChI is InChI=1S/C15H21N5O2/c1-10-8-20(3)18-14(10)15(21)17-12-5-4-6-13(12)22-11-7-16-19(2)9-11/h7-9,12-13H,4-6H2,1-3H3,(H,17,21)/t12-,13+/m0/s1. The Balaban J connectivity index is 1.66. The van der Waals surface area contributed by atoms with Crippen molar-refractivity contribution in [3.05, 3.63) is 29.8 Å². The van der Waals surface area contributed by atoms with Crippen molar-refractivity contribution < 1.29 is 9.53 Å². The quantitative estimate of drug-likeness (QED) is 0.921. The van der Waals surface area contributed by atoms with E-state index >= 15 is 0 Å². The summed E-state index contributed by atoms with van der Waals surface area (Å²) >= 11 is 0. The summed E-state index contributed by atoms with van der Waals surface area (Å²) in [5.74, 6) is 0.604. The Kier molecular flexibility index (Phi) is 3.87. The van der Waals surface area contributed by atoms with Gasteiger partial charge in [-0.15, -0.1) is 0 Å². The van der Waals surface area contributed by atoms with Gasteiger partial charge in [-0.2, -0.15) is 10.2 Å². The van der Waals surface area contributed by atoms with Gasteiger partial charge < -0.3 is 10.1 Å². The SMILES string of the molecule is Cc1cn(C)nc1C(=O)N[C@H]1CCC[C@H]1Oc1cnn(C)c1. The molecule has 0 unspecified atom stereocenters. The molecule has 1 aliphatic carbocycles. The fourth-order valence-electron chi connectivity index (χ4n) is 2.93. The van der Waals surface area contributed by atoms with Crippen molar-refractivity contribution in [2.75, 3.05) is 0 Å². The molecule has 0 saturated heterocycles. The van der Waals surface area contributed by atoms with Crippen molar-refractivity contribution in [2.24, 2.45) is 14.1 Å². The number of ether oxygens (including phenoxy) is 1. The lowest BCUT2D eigenvalue weighted by Gasteiger charge is -2.21. The van der Waals surface area contributed by atoms with Crippen LogP contribution < -0.4 is 10.1 Å². The summed E-state index contributed by atoms with van der Waals surface area (Å²) in [7, 11) is 3.66. The zero-order chi connectivity index (χ0) is 15.7. The number of carbonyl (C=O) groups is 1. The van der Waals surface area contributed by atoms with Crippen molar-refractivity contribution in [1.29, 1.82) is 0 Å². The van der Waals surface area contributed by atoms with Crippen LogP contribution >= 0.6 is 0 Å². The highest BCUT2D eigenvalue weighted by molar-refractivity contribution is 5.93. The molecule has 1 saturated carbocycles. The van der Waals surface area contributed by atoms with Gasteiger partial charge in [-0.05, 0) is 26.2 Å². The second-order valence-corrected chi connectivity index (χ2v) is 5.85. The van der Waals surface area contributed by atoms with Crippen LogP contribution in [0.3, 0.4) is 0 Å². The highest BCUT2D eigenvalue weighted by Gasteiger charge is 2.31. The average molecular weight is 303 g/mol. The van der Waals surface area contributed by atoms with E-state index in [2.05, 4.69) is 15.5 Å². The number of aromatic nitrogens is 4. The zero-order valence-electron chi connectivity index (χ0n) is 13.1. The van der Waals surface area contributed by atoms with Gasteiger partial charge in [0.25, 0.3) is 5.91 Å². The van der Waals surface area contributed by atoms with E-state index in [1.165, 1.54) is 0 Å². The van der Waals surface area contributed by atoms with Gasteiger partial charge in [0.05, 0.1) is 18.4 Å². The molecule has 2 aromatic rings. The molecule has 2 heterocycles. The van der Waals surface area contributed by atoms with Crippen LogP contribution in [0.25, 0.3) is 0 Å². The molecule has 2 atom stereocenters. The van der Waals surface area contributed by atoms with Crippen LogP contribution in [0.15, 0.2) is 18.6 Å². The molecule has 3 rings (SSSR count). The summed E-state index contributed by atoms with van der Waals surface area (Å²) < 4.78 is 9.32. The number of amides is 1. The van der Waals surface area contributed by atoms with Crippen LogP contribution in [0.1, 0.15) is 35.3 Å². The minimum absolute atomic E-state index is 0.00844. The lowest BCUT2D eigenvalue weighted by Crippen LogP contribution is -2.42. The van der Waals surface area contributed by atoms with Gasteiger partial charge in [0.2, 0.25) is 0 Å². The van der Waals surface area contributed by atoms with Crippen molar-refractivity contribution >= 4 is 5.91 Å². The Morgan fingerprint density at radius 3 is 2.77 bits per heavy atom. The summed E-state index contributed by atoms with van der Waals surface area (Å²) in [4.78, 5) is 12.4. The molecule has 1 amide bonds. The fourth-order valence-corrected chi connectivity index (χ4v) is 2.93. The molecule has 22 heavy (non-hydrogen) atoms. The van der Waals surface area contributed by atoms with E-state index < -0.39 is 0 Å². The smallest absolute Gasteiger partial charge is 0.272 e. The van der Waals surface area contributed by atoms with Crippen LogP contribution in [0, 0.1) is 6.92 Å². The first-order chi connectivity index (χ1) is 10.5. The van der Waals surface area contributed by atoms with Crippen molar-refractivity contribution in [1.82, 2.24) is 24.9 Å². The van der Waals surface area contributed by atoms with Crippen LogP contribution in [-0.4, -0.2) is 37.6 Å². The molecule has 2 aromatic heterocycles. The summed E-state index contributed by atoms with van der Waals surface area (Å²) in [6.45, 7) is 1.89. The van der Waals surface area contributed by atoms with Crippen molar-refractivity contribution in [3.63, 3.8) is 0 Å². The van der Waals surface area contributed by atoms with E-state index in [-0.39, 0.29) is 18.1 Å². The first-order valence-corrected chi connectivity index (χ1v) is 7.49. The summed E-state index contributed by atoms with van der Waals surface area (Å²) in [6, 6.07) is 0.00844. The predicted molar refractivity (Wildman–Crippen MR) is 80.7 cm³/mol. The fraction of sp³-hybridized carbons (Fsp3) is 0.533. The third-order valence-electron chi connectivity index (χ3n) is 3.96. The van der Waals surface area contributed by atoms with Crippen molar-refractivity contribution in [2.45, 2.75) is 38.3 Å². The minimum Gasteiger partial charge on any atom is -0.485 e. The first kappa shape index (κ1) is 14.6. The number of hydrogen-bond acceptors (Lipinski definition) is 4. The molecule has 0 bridgehead atoms. The predicted octanol–water partition coefficient (Wildman–Crippen LogP) is 1.19. The van der Waals surface area contributed by atoms with Gasteiger partial charge in [-0.25, -0.2) is 0 Å². The van der Waals surface area contributed by atoms with Gasteiger partial charge in [-0.3, -0.25) is 14.2 Å². The van der Waals surface area contributed by atoms with Crippen molar-refractivity contribution in [3.8, 4) is 5.75 Å². The molecule has 0 spiro atoms. The van der Waals surface area contributed by atoms with Crippen LogP contribution in [-0.2, 0) is 14.1 Å². The molecule has 7 nitrogen and oxygen atoms in total. The van der Waals surface area contributed by atoms with E-state index in [0.29, 0.717) is 5.69 Å². The van der Waals surface area contributed by atoms with Crippen LogP contribution in [0.4, 0.5) is 0 Å². The monoisotopic (exact) mass is 303 g/mol. The van der Waals surface area contributed by atoms with Gasteiger partial charge in [0.15, 0.2) is 11.4 Å². The van der Waals surface area contributed by atoms with E-state index in [0.717, 1.165) is 30.6 Å². The minimum atomic E-state index is -0.134. The van der Waals surface area contributed by atoms with Gasteiger partial charge in [-0.1, -0.05) is 0 Å². The highest BCUT2D eigenvalue weighted by atomic mass is 16.5. The molecule has 118 valence electrons.